The quantitative estimate of drug-likeness (QED) is 0.916. The predicted octanol–water partition coefficient (Wildman–Crippen LogP) is 3.66. The van der Waals surface area contributed by atoms with E-state index in [-0.39, 0.29) is 18.3 Å². The largest absolute Gasteiger partial charge is 0.348 e. The molecule has 2 rings (SSSR count). The van der Waals surface area contributed by atoms with Gasteiger partial charge in [-0.25, -0.2) is 8.78 Å². The second-order valence-corrected chi connectivity index (χ2v) is 4.84. The molecule has 0 radical (unpaired) electrons. The minimum Gasteiger partial charge on any atom is -0.348 e. The molecular formula is C14H10BrF2NO. The lowest BCUT2D eigenvalue weighted by molar-refractivity contribution is 0.0950. The normalized spacial score (nSPS) is 10.3. The lowest BCUT2D eigenvalue weighted by Gasteiger charge is -2.07. The Bertz CT molecular complexity index is 599. The maximum atomic E-state index is 13.5. The molecule has 0 bridgehead atoms. The fraction of sp³-hybridized carbons (Fsp3) is 0.0714. The van der Waals surface area contributed by atoms with Crippen LogP contribution in [0.15, 0.2) is 46.9 Å². The van der Waals surface area contributed by atoms with Gasteiger partial charge in [-0.1, -0.05) is 15.9 Å². The Morgan fingerprint density at radius 1 is 1.11 bits per heavy atom. The van der Waals surface area contributed by atoms with Crippen LogP contribution >= 0.6 is 15.9 Å². The SMILES string of the molecule is O=C(NCc1cc(Br)ccc1F)c1ccc(F)cc1. The van der Waals surface area contributed by atoms with Crippen molar-refractivity contribution in [3.63, 3.8) is 0 Å². The van der Waals surface area contributed by atoms with Gasteiger partial charge in [-0.15, -0.1) is 0 Å². The summed E-state index contributed by atoms with van der Waals surface area (Å²) in [6, 6.07) is 9.66. The third kappa shape index (κ3) is 3.61. The van der Waals surface area contributed by atoms with Crippen LogP contribution in [-0.2, 0) is 6.54 Å². The molecule has 1 amide bonds. The highest BCUT2D eigenvalue weighted by molar-refractivity contribution is 9.10. The number of carbonyl (C=O) groups excluding carboxylic acids is 1. The van der Waals surface area contributed by atoms with E-state index >= 15 is 0 Å². The van der Waals surface area contributed by atoms with Gasteiger partial charge in [0, 0.05) is 22.1 Å². The first-order chi connectivity index (χ1) is 9.06. The number of carbonyl (C=O) groups is 1. The van der Waals surface area contributed by atoms with Crippen LogP contribution in [0.5, 0.6) is 0 Å². The summed E-state index contributed by atoms with van der Waals surface area (Å²) in [5.41, 5.74) is 0.710. The van der Waals surface area contributed by atoms with Gasteiger partial charge in [-0.05, 0) is 42.5 Å². The molecule has 0 saturated heterocycles. The fourth-order valence-corrected chi connectivity index (χ4v) is 1.97. The molecule has 0 aliphatic heterocycles. The fourth-order valence-electron chi connectivity index (χ4n) is 1.56. The van der Waals surface area contributed by atoms with E-state index in [2.05, 4.69) is 21.2 Å². The highest BCUT2D eigenvalue weighted by Gasteiger charge is 2.07. The van der Waals surface area contributed by atoms with E-state index in [9.17, 15) is 13.6 Å². The molecule has 98 valence electrons. The van der Waals surface area contributed by atoms with Crippen LogP contribution in [0.1, 0.15) is 15.9 Å². The molecule has 0 heterocycles. The van der Waals surface area contributed by atoms with Gasteiger partial charge < -0.3 is 5.32 Å². The Balaban J connectivity index is 2.04. The summed E-state index contributed by atoms with van der Waals surface area (Å²) in [5.74, 6) is -1.17. The summed E-state index contributed by atoms with van der Waals surface area (Å²) < 4.78 is 26.9. The molecule has 0 saturated carbocycles. The van der Waals surface area contributed by atoms with Gasteiger partial charge in [0.05, 0.1) is 0 Å². The molecule has 1 N–H and O–H groups in total. The van der Waals surface area contributed by atoms with Crippen LogP contribution in [0.4, 0.5) is 8.78 Å². The Hall–Kier alpha value is -1.75. The van der Waals surface area contributed by atoms with E-state index in [1.807, 2.05) is 0 Å². The van der Waals surface area contributed by atoms with Gasteiger partial charge in [0.2, 0.25) is 0 Å². The standard InChI is InChI=1S/C14H10BrF2NO/c15-11-3-6-13(17)10(7-11)8-18-14(19)9-1-4-12(16)5-2-9/h1-7H,8H2,(H,18,19). The maximum Gasteiger partial charge on any atom is 0.251 e. The summed E-state index contributed by atoms with van der Waals surface area (Å²) in [7, 11) is 0. The van der Waals surface area contributed by atoms with Gasteiger partial charge >= 0.3 is 0 Å². The van der Waals surface area contributed by atoms with Crippen LogP contribution in [0, 0.1) is 11.6 Å². The van der Waals surface area contributed by atoms with E-state index in [1.54, 1.807) is 12.1 Å². The second-order valence-electron chi connectivity index (χ2n) is 3.93. The number of nitrogens with one attached hydrogen (secondary N) is 1. The van der Waals surface area contributed by atoms with Crippen molar-refractivity contribution < 1.29 is 13.6 Å². The molecule has 2 aromatic rings. The molecule has 19 heavy (non-hydrogen) atoms. The van der Waals surface area contributed by atoms with Gasteiger partial charge in [0.15, 0.2) is 0 Å². The Labute approximate surface area is 117 Å². The second kappa shape index (κ2) is 5.93. The van der Waals surface area contributed by atoms with Gasteiger partial charge in [-0.3, -0.25) is 4.79 Å². The lowest BCUT2D eigenvalue weighted by atomic mass is 10.2. The Kier molecular flexibility index (Phi) is 4.27. The summed E-state index contributed by atoms with van der Waals surface area (Å²) in [6.45, 7) is 0.0709. The molecule has 0 fully saturated rings. The molecule has 2 aromatic carbocycles. The third-order valence-corrected chi connectivity index (χ3v) is 3.05. The van der Waals surface area contributed by atoms with Crippen molar-refractivity contribution in [1.82, 2.24) is 5.32 Å². The average molecular weight is 326 g/mol. The minimum absolute atomic E-state index is 0.0709. The molecule has 0 aromatic heterocycles. The van der Waals surface area contributed by atoms with Crippen molar-refractivity contribution >= 4 is 21.8 Å². The Morgan fingerprint density at radius 3 is 2.47 bits per heavy atom. The summed E-state index contributed by atoms with van der Waals surface area (Å²) in [4.78, 5) is 11.8. The van der Waals surface area contributed by atoms with Crippen molar-refractivity contribution in [1.29, 1.82) is 0 Å². The van der Waals surface area contributed by atoms with Crippen molar-refractivity contribution in [3.05, 3.63) is 69.7 Å². The minimum atomic E-state index is -0.408. The summed E-state index contributed by atoms with van der Waals surface area (Å²) >= 11 is 3.24. The zero-order chi connectivity index (χ0) is 13.8. The van der Waals surface area contributed by atoms with Crippen LogP contribution in [0.3, 0.4) is 0 Å². The number of hydrogen-bond acceptors (Lipinski definition) is 1. The van der Waals surface area contributed by atoms with E-state index in [1.165, 1.54) is 30.3 Å². The topological polar surface area (TPSA) is 29.1 Å². The van der Waals surface area contributed by atoms with Crippen LogP contribution < -0.4 is 5.32 Å². The van der Waals surface area contributed by atoms with E-state index in [0.717, 1.165) is 4.47 Å². The van der Waals surface area contributed by atoms with Crippen molar-refractivity contribution in [2.24, 2.45) is 0 Å². The molecule has 0 aliphatic carbocycles. The summed E-state index contributed by atoms with van der Waals surface area (Å²) in [6.07, 6.45) is 0. The zero-order valence-corrected chi connectivity index (χ0v) is 11.4. The first-order valence-corrected chi connectivity index (χ1v) is 6.33. The molecule has 0 spiro atoms. The van der Waals surface area contributed by atoms with Gasteiger partial charge in [0.1, 0.15) is 11.6 Å². The van der Waals surface area contributed by atoms with E-state index in [4.69, 9.17) is 0 Å². The molecule has 0 aliphatic rings. The highest BCUT2D eigenvalue weighted by atomic mass is 79.9. The van der Waals surface area contributed by atoms with Gasteiger partial charge in [0.25, 0.3) is 5.91 Å². The Morgan fingerprint density at radius 2 is 1.79 bits per heavy atom. The monoisotopic (exact) mass is 325 g/mol. The molecule has 5 heteroatoms. The molecule has 2 nitrogen and oxygen atoms in total. The van der Waals surface area contributed by atoms with Crippen molar-refractivity contribution in [2.75, 3.05) is 0 Å². The number of benzene rings is 2. The van der Waals surface area contributed by atoms with Crippen molar-refractivity contribution in [2.45, 2.75) is 6.54 Å². The summed E-state index contributed by atoms with van der Waals surface area (Å²) in [5, 5.41) is 2.58. The van der Waals surface area contributed by atoms with Crippen LogP contribution in [0.25, 0.3) is 0 Å². The number of rotatable bonds is 3. The number of amides is 1. The third-order valence-electron chi connectivity index (χ3n) is 2.55. The van der Waals surface area contributed by atoms with Gasteiger partial charge in [-0.2, -0.15) is 0 Å². The number of hydrogen-bond donors (Lipinski definition) is 1. The molecular weight excluding hydrogens is 316 g/mol. The lowest BCUT2D eigenvalue weighted by Crippen LogP contribution is -2.23. The first kappa shape index (κ1) is 13.7. The molecule has 0 unspecified atom stereocenters. The number of halogens is 3. The first-order valence-electron chi connectivity index (χ1n) is 5.54. The predicted molar refractivity (Wildman–Crippen MR) is 71.7 cm³/mol. The van der Waals surface area contributed by atoms with E-state index in [0.29, 0.717) is 11.1 Å². The van der Waals surface area contributed by atoms with Crippen LogP contribution in [0.2, 0.25) is 0 Å². The average Bonchev–Trinajstić information content (AvgIpc) is 2.40. The highest BCUT2D eigenvalue weighted by Crippen LogP contribution is 2.15. The van der Waals surface area contributed by atoms with Crippen molar-refractivity contribution in [3.8, 4) is 0 Å². The van der Waals surface area contributed by atoms with E-state index < -0.39 is 5.82 Å². The smallest absolute Gasteiger partial charge is 0.251 e. The van der Waals surface area contributed by atoms with Crippen LogP contribution in [-0.4, -0.2) is 5.91 Å². The zero-order valence-electron chi connectivity index (χ0n) is 9.79. The maximum absolute atomic E-state index is 13.5. The molecule has 0 atom stereocenters.